The molecule has 91 heavy (non-hydrogen) atoms. The van der Waals surface area contributed by atoms with Crippen molar-refractivity contribution in [3.8, 4) is 0 Å². The highest BCUT2D eigenvalue weighted by atomic mass is 16.7. The summed E-state index contributed by atoms with van der Waals surface area (Å²) in [5, 5.41) is 9.75. The Labute approximate surface area is 558 Å². The van der Waals surface area contributed by atoms with Gasteiger partial charge in [0.1, 0.15) is 13.2 Å². The Hall–Kier alpha value is -5.35. The Kier molecular flexibility index (Phi) is 66.4. The van der Waals surface area contributed by atoms with Crippen molar-refractivity contribution in [1.29, 1.82) is 0 Å². The third kappa shape index (κ3) is 71.9. The Morgan fingerprint density at radius 1 is 0.330 bits per heavy atom. The normalized spacial score (nSPS) is 13.7. The summed E-state index contributed by atoms with van der Waals surface area (Å²) in [5.74, 6) is -2.06. The van der Waals surface area contributed by atoms with Gasteiger partial charge in [-0.1, -0.05) is 300 Å². The monoisotopic (exact) mass is 1260 g/mol. The van der Waals surface area contributed by atoms with E-state index in [2.05, 4.69) is 184 Å². The van der Waals surface area contributed by atoms with E-state index in [9.17, 15) is 19.5 Å². The molecule has 0 radical (unpaired) electrons. The first kappa shape index (κ1) is 85.7. The minimum Gasteiger partial charge on any atom is -0.477 e. The largest absolute Gasteiger partial charge is 0.477 e. The molecule has 0 spiro atoms. The van der Waals surface area contributed by atoms with Crippen molar-refractivity contribution in [3.63, 3.8) is 0 Å². The molecular weight excluding hydrogens is 1130 g/mol. The SMILES string of the molecule is CC/C=C\C/C=C\C/C=C\C/C=C\C/C=C\C/C=C\C/C=C\C/C=C\C/C=C\CCCCCC(=O)OC(COC(=O)CCCCCCCCCCCCCCCCCCCCC/C=C\C/C=C\C/C=C\C/C=C\C/C=C\CC)COC(OCC[N+](C)(C)C)C(=O)O. The van der Waals surface area contributed by atoms with E-state index in [1.165, 1.54) is 109 Å². The summed E-state index contributed by atoms with van der Waals surface area (Å²) >= 11 is 0. The number of carboxylic acids is 1. The first-order valence-electron chi connectivity index (χ1n) is 36.3. The van der Waals surface area contributed by atoms with Crippen LogP contribution in [0.25, 0.3) is 0 Å². The van der Waals surface area contributed by atoms with Crippen LogP contribution in [0.1, 0.15) is 271 Å². The number of quaternary nitrogens is 1. The molecule has 514 valence electrons. The number of ether oxygens (including phenoxy) is 4. The zero-order valence-corrected chi connectivity index (χ0v) is 58.7. The van der Waals surface area contributed by atoms with Crippen LogP contribution < -0.4 is 0 Å². The van der Waals surface area contributed by atoms with Crippen molar-refractivity contribution in [2.45, 2.75) is 283 Å². The van der Waals surface area contributed by atoms with Crippen molar-refractivity contribution in [1.82, 2.24) is 0 Å². The van der Waals surface area contributed by atoms with Gasteiger partial charge in [-0.25, -0.2) is 4.79 Å². The molecule has 1 N–H and O–H groups in total. The molecule has 0 fully saturated rings. The molecule has 0 bridgehead atoms. The van der Waals surface area contributed by atoms with E-state index in [1.54, 1.807) is 0 Å². The van der Waals surface area contributed by atoms with E-state index in [0.717, 1.165) is 128 Å². The molecule has 2 atom stereocenters. The Balaban J connectivity index is 4.18. The van der Waals surface area contributed by atoms with Crippen molar-refractivity contribution in [3.05, 3.63) is 170 Å². The van der Waals surface area contributed by atoms with Crippen molar-refractivity contribution >= 4 is 17.9 Å². The first-order chi connectivity index (χ1) is 44.6. The molecule has 0 aliphatic heterocycles. The Morgan fingerprint density at radius 3 is 0.890 bits per heavy atom. The average Bonchev–Trinajstić information content (AvgIpc) is 3.65. The summed E-state index contributed by atoms with van der Waals surface area (Å²) in [4.78, 5) is 37.7. The van der Waals surface area contributed by atoms with Crippen LogP contribution in [0.3, 0.4) is 0 Å². The smallest absolute Gasteiger partial charge is 0.361 e. The number of carboxylic acid groups (broad SMARTS) is 1. The maximum Gasteiger partial charge on any atom is 0.361 e. The second-order valence-electron chi connectivity index (χ2n) is 24.8. The maximum atomic E-state index is 12.9. The van der Waals surface area contributed by atoms with E-state index < -0.39 is 24.3 Å². The van der Waals surface area contributed by atoms with Gasteiger partial charge in [-0.15, -0.1) is 0 Å². The number of carbonyl (C=O) groups is 3. The average molecular weight is 1260 g/mol. The Bertz CT molecular complexity index is 2100. The molecule has 9 heteroatoms. The number of nitrogens with zero attached hydrogens (tertiary/aromatic N) is 1. The minimum absolute atomic E-state index is 0.173. The molecule has 0 aromatic heterocycles. The number of esters is 2. The molecule has 0 amide bonds. The van der Waals surface area contributed by atoms with Crippen molar-refractivity contribution in [2.75, 3.05) is 47.5 Å². The number of carbonyl (C=O) groups excluding carboxylic acids is 2. The quantitative estimate of drug-likeness (QED) is 0.0211. The van der Waals surface area contributed by atoms with Gasteiger partial charge in [0, 0.05) is 12.8 Å². The number of hydrogen-bond donors (Lipinski definition) is 1. The van der Waals surface area contributed by atoms with E-state index >= 15 is 0 Å². The van der Waals surface area contributed by atoms with Gasteiger partial charge in [-0.2, -0.15) is 0 Å². The zero-order valence-electron chi connectivity index (χ0n) is 58.7. The zero-order chi connectivity index (χ0) is 66.1. The molecular formula is C82H134NO8+. The molecule has 0 heterocycles. The molecule has 0 saturated heterocycles. The topological polar surface area (TPSA) is 108 Å². The van der Waals surface area contributed by atoms with Crippen LogP contribution in [-0.4, -0.2) is 87.4 Å². The van der Waals surface area contributed by atoms with E-state index in [0.29, 0.717) is 17.4 Å². The van der Waals surface area contributed by atoms with Crippen LogP contribution in [0.4, 0.5) is 0 Å². The van der Waals surface area contributed by atoms with Gasteiger partial charge in [0.25, 0.3) is 6.29 Å². The second-order valence-corrected chi connectivity index (χ2v) is 24.8. The summed E-state index contributed by atoms with van der Waals surface area (Å²) in [6.45, 7) is 4.61. The Morgan fingerprint density at radius 2 is 0.593 bits per heavy atom. The fourth-order valence-electron chi connectivity index (χ4n) is 9.50. The fraction of sp³-hybridized carbons (Fsp3) is 0.622. The predicted octanol–water partition coefficient (Wildman–Crippen LogP) is 23.0. The van der Waals surface area contributed by atoms with Gasteiger partial charge in [0.05, 0.1) is 34.4 Å². The van der Waals surface area contributed by atoms with Crippen LogP contribution in [0, 0.1) is 0 Å². The molecule has 0 aromatic rings. The lowest BCUT2D eigenvalue weighted by Gasteiger charge is -2.25. The predicted molar refractivity (Wildman–Crippen MR) is 391 cm³/mol. The van der Waals surface area contributed by atoms with Gasteiger partial charge in [-0.05, 0) is 128 Å². The first-order valence-corrected chi connectivity index (χ1v) is 36.3. The van der Waals surface area contributed by atoms with E-state index in [4.69, 9.17) is 18.9 Å². The molecule has 0 aromatic carbocycles. The molecule has 2 unspecified atom stereocenters. The highest BCUT2D eigenvalue weighted by Gasteiger charge is 2.25. The van der Waals surface area contributed by atoms with Crippen LogP contribution in [-0.2, 0) is 33.3 Å². The van der Waals surface area contributed by atoms with Crippen molar-refractivity contribution < 1.29 is 42.9 Å². The summed E-state index contributed by atoms with van der Waals surface area (Å²) < 4.78 is 22.9. The lowest BCUT2D eigenvalue weighted by Crippen LogP contribution is -2.40. The van der Waals surface area contributed by atoms with Crippen LogP contribution in [0.15, 0.2) is 170 Å². The number of unbranched alkanes of at least 4 members (excludes halogenated alkanes) is 22. The summed E-state index contributed by atoms with van der Waals surface area (Å²) in [6.07, 6.45) is 103. The molecule has 0 rings (SSSR count). The summed E-state index contributed by atoms with van der Waals surface area (Å²) in [7, 11) is 5.96. The van der Waals surface area contributed by atoms with Gasteiger partial charge in [-0.3, -0.25) is 9.59 Å². The standard InChI is InChI=1S/C82H133NO8/c1-6-8-10-12-14-16-18-20-22-24-26-28-30-32-34-36-38-39-40-41-43-44-46-48-50-52-54-56-58-60-62-64-66-68-70-72-79(84)89-76-78(77-90-82(81(86)87)88-75-74-83(3,4)5)91-80(85)73-71-69-67-65-63-61-59-57-55-53-51-49-47-45-42-37-35-33-31-29-27-25-23-21-19-17-15-13-11-9-7-2/h8-11,14-17,20-23,26-29,32-35,42,45,49,51,55,57,61,63,78,82H,6-7,12-13,18-19,24-25,30-31,36-41,43-44,46-48,50,52-54,56,58-60,62,64-77H2,1-5H3/p+1/b10-8-,11-9-,16-14-,17-15-,22-20-,23-21-,28-26-,29-27-,34-32-,35-33-,45-42-,51-49-,57-55-,63-61-. The highest BCUT2D eigenvalue weighted by Crippen LogP contribution is 2.17. The molecule has 0 aliphatic carbocycles. The van der Waals surface area contributed by atoms with Crippen LogP contribution >= 0.6 is 0 Å². The second kappa shape index (κ2) is 70.5. The third-order valence-electron chi connectivity index (χ3n) is 15.0. The third-order valence-corrected chi connectivity index (χ3v) is 15.0. The summed E-state index contributed by atoms with van der Waals surface area (Å²) in [6, 6.07) is 0. The number of allylic oxidation sites excluding steroid dienone is 28. The van der Waals surface area contributed by atoms with Gasteiger partial charge >= 0.3 is 17.9 Å². The number of aliphatic carboxylic acids is 1. The molecule has 9 nitrogen and oxygen atoms in total. The van der Waals surface area contributed by atoms with Crippen LogP contribution in [0.5, 0.6) is 0 Å². The minimum atomic E-state index is -1.53. The number of hydrogen-bond acceptors (Lipinski definition) is 7. The van der Waals surface area contributed by atoms with Crippen LogP contribution in [0.2, 0.25) is 0 Å². The van der Waals surface area contributed by atoms with Gasteiger partial charge in [0.2, 0.25) is 0 Å². The lowest BCUT2D eigenvalue weighted by molar-refractivity contribution is -0.870. The summed E-state index contributed by atoms with van der Waals surface area (Å²) in [5.41, 5.74) is 0. The number of rotatable bonds is 65. The molecule has 0 saturated carbocycles. The lowest BCUT2D eigenvalue weighted by atomic mass is 10.0. The highest BCUT2D eigenvalue weighted by molar-refractivity contribution is 5.71. The van der Waals surface area contributed by atoms with E-state index in [-0.39, 0.29) is 38.6 Å². The van der Waals surface area contributed by atoms with Gasteiger partial charge in [0.15, 0.2) is 6.10 Å². The van der Waals surface area contributed by atoms with Gasteiger partial charge < -0.3 is 28.5 Å². The molecule has 0 aliphatic rings. The number of likely N-dealkylation sites (N-methyl/N-ethyl adjacent to an activating group) is 1. The van der Waals surface area contributed by atoms with E-state index in [1.807, 2.05) is 21.1 Å². The van der Waals surface area contributed by atoms with Crippen molar-refractivity contribution in [2.24, 2.45) is 0 Å². The maximum absolute atomic E-state index is 12.9. The fourth-order valence-corrected chi connectivity index (χ4v) is 9.50.